The predicted molar refractivity (Wildman–Crippen MR) is 79.7 cm³/mol. The normalized spacial score (nSPS) is 17.4. The van der Waals surface area contributed by atoms with Crippen LogP contribution >= 0.6 is 0 Å². The van der Waals surface area contributed by atoms with Crippen LogP contribution in [0.2, 0.25) is 0 Å². The molecule has 1 saturated heterocycles. The summed E-state index contributed by atoms with van der Waals surface area (Å²) in [5.74, 6) is -0.483. The van der Waals surface area contributed by atoms with E-state index < -0.39 is 10.9 Å². The maximum Gasteiger partial charge on any atom is 0.337 e. The van der Waals surface area contributed by atoms with Gasteiger partial charge in [-0.3, -0.25) is 10.1 Å². The van der Waals surface area contributed by atoms with Gasteiger partial charge in [-0.15, -0.1) is 0 Å². The minimum atomic E-state index is -0.483. The number of ether oxygens (including phenoxy) is 1. The minimum Gasteiger partial charge on any atom is -0.465 e. The van der Waals surface area contributed by atoms with Crippen molar-refractivity contribution in [3.8, 4) is 0 Å². The maximum absolute atomic E-state index is 11.6. The summed E-state index contributed by atoms with van der Waals surface area (Å²) in [7, 11) is 1.30. The zero-order valence-corrected chi connectivity index (χ0v) is 12.6. The first-order valence-corrected chi connectivity index (χ1v) is 6.96. The van der Waals surface area contributed by atoms with Crippen molar-refractivity contribution >= 4 is 17.3 Å². The van der Waals surface area contributed by atoms with Crippen molar-refractivity contribution in [3.05, 3.63) is 33.9 Å². The zero-order chi connectivity index (χ0) is 15.6. The van der Waals surface area contributed by atoms with Gasteiger partial charge in [0.1, 0.15) is 5.69 Å². The molecule has 1 heterocycles. The van der Waals surface area contributed by atoms with Gasteiger partial charge in [0, 0.05) is 19.2 Å². The largest absolute Gasteiger partial charge is 0.465 e. The van der Waals surface area contributed by atoms with E-state index >= 15 is 0 Å². The van der Waals surface area contributed by atoms with Crippen LogP contribution in [0.5, 0.6) is 0 Å². The first kappa shape index (κ1) is 15.3. The third-order valence-corrected chi connectivity index (χ3v) is 4.05. The van der Waals surface area contributed by atoms with E-state index in [0.717, 1.165) is 25.9 Å². The molecule has 21 heavy (non-hydrogen) atoms. The SMILES string of the molecule is COC(=O)c1ccc([N+](=O)[O-])c(N2CCC(C)(C)CC2)c1. The molecule has 1 aliphatic heterocycles. The summed E-state index contributed by atoms with van der Waals surface area (Å²) >= 11 is 0. The molecule has 0 bridgehead atoms. The number of anilines is 1. The molecular formula is C15H20N2O4. The predicted octanol–water partition coefficient (Wildman–Crippen LogP) is 3.01. The van der Waals surface area contributed by atoms with Crippen LogP contribution in [0.4, 0.5) is 11.4 Å². The van der Waals surface area contributed by atoms with Gasteiger partial charge >= 0.3 is 5.97 Å². The number of benzene rings is 1. The minimum absolute atomic E-state index is 0.0300. The highest BCUT2D eigenvalue weighted by molar-refractivity contribution is 5.91. The highest BCUT2D eigenvalue weighted by Crippen LogP contribution is 2.36. The highest BCUT2D eigenvalue weighted by atomic mass is 16.6. The van der Waals surface area contributed by atoms with Crippen LogP contribution in [0, 0.1) is 15.5 Å². The third kappa shape index (κ3) is 3.32. The lowest BCUT2D eigenvalue weighted by atomic mass is 9.82. The number of nitro groups is 1. The summed E-state index contributed by atoms with van der Waals surface area (Å²) in [4.78, 5) is 24.4. The Labute approximate surface area is 123 Å². The van der Waals surface area contributed by atoms with Crippen LogP contribution in [0.25, 0.3) is 0 Å². The average molecular weight is 292 g/mol. The summed E-state index contributed by atoms with van der Waals surface area (Å²) in [5.41, 5.74) is 1.12. The molecular weight excluding hydrogens is 272 g/mol. The van der Waals surface area contributed by atoms with E-state index in [1.54, 1.807) is 6.07 Å². The van der Waals surface area contributed by atoms with E-state index in [-0.39, 0.29) is 11.1 Å². The number of rotatable bonds is 3. The van der Waals surface area contributed by atoms with Crippen molar-refractivity contribution in [1.82, 2.24) is 0 Å². The van der Waals surface area contributed by atoms with Crippen molar-refractivity contribution in [3.63, 3.8) is 0 Å². The van der Waals surface area contributed by atoms with Crippen LogP contribution in [-0.2, 0) is 4.74 Å². The summed E-state index contributed by atoms with van der Waals surface area (Å²) in [6, 6.07) is 4.37. The van der Waals surface area contributed by atoms with E-state index in [2.05, 4.69) is 18.6 Å². The Morgan fingerprint density at radius 1 is 1.33 bits per heavy atom. The molecule has 2 rings (SSSR count). The molecule has 0 unspecified atom stereocenters. The number of hydrogen-bond acceptors (Lipinski definition) is 5. The highest BCUT2D eigenvalue weighted by Gasteiger charge is 2.29. The monoisotopic (exact) mass is 292 g/mol. The number of hydrogen-bond donors (Lipinski definition) is 0. The van der Waals surface area contributed by atoms with Crippen LogP contribution in [0.1, 0.15) is 37.0 Å². The van der Waals surface area contributed by atoms with Gasteiger partial charge < -0.3 is 9.64 Å². The second-order valence-electron chi connectivity index (χ2n) is 6.10. The molecule has 1 aromatic carbocycles. The molecule has 0 N–H and O–H groups in total. The lowest BCUT2D eigenvalue weighted by molar-refractivity contribution is -0.384. The first-order valence-electron chi connectivity index (χ1n) is 6.96. The van der Waals surface area contributed by atoms with Gasteiger partial charge in [-0.05, 0) is 30.4 Å². The fourth-order valence-electron chi connectivity index (χ4n) is 2.53. The van der Waals surface area contributed by atoms with Crippen molar-refractivity contribution in [2.75, 3.05) is 25.1 Å². The molecule has 6 nitrogen and oxygen atoms in total. The summed E-state index contributed by atoms with van der Waals surface area (Å²) in [5, 5.41) is 11.2. The Bertz CT molecular complexity index is 559. The molecule has 114 valence electrons. The topological polar surface area (TPSA) is 72.7 Å². The van der Waals surface area contributed by atoms with Crippen molar-refractivity contribution < 1.29 is 14.5 Å². The fourth-order valence-corrected chi connectivity index (χ4v) is 2.53. The molecule has 0 spiro atoms. The van der Waals surface area contributed by atoms with Crippen LogP contribution in [-0.4, -0.2) is 31.1 Å². The second-order valence-corrected chi connectivity index (χ2v) is 6.10. The average Bonchev–Trinajstić information content (AvgIpc) is 2.45. The van der Waals surface area contributed by atoms with Crippen molar-refractivity contribution in [2.45, 2.75) is 26.7 Å². The van der Waals surface area contributed by atoms with E-state index in [4.69, 9.17) is 0 Å². The third-order valence-electron chi connectivity index (χ3n) is 4.05. The molecule has 0 aliphatic carbocycles. The van der Waals surface area contributed by atoms with Gasteiger partial charge in [-0.1, -0.05) is 13.8 Å². The fraction of sp³-hybridized carbons (Fsp3) is 0.533. The number of nitro benzene ring substituents is 1. The molecule has 1 aromatic rings. The van der Waals surface area contributed by atoms with Crippen molar-refractivity contribution in [1.29, 1.82) is 0 Å². The van der Waals surface area contributed by atoms with Gasteiger partial charge in [0.05, 0.1) is 17.6 Å². The molecule has 0 aromatic heterocycles. The van der Waals surface area contributed by atoms with Gasteiger partial charge in [0.15, 0.2) is 0 Å². The van der Waals surface area contributed by atoms with Crippen LogP contribution in [0.15, 0.2) is 18.2 Å². The summed E-state index contributed by atoms with van der Waals surface area (Å²) < 4.78 is 4.68. The van der Waals surface area contributed by atoms with Crippen LogP contribution in [0.3, 0.4) is 0 Å². The number of carbonyl (C=O) groups is 1. The Morgan fingerprint density at radius 3 is 2.48 bits per heavy atom. The summed E-state index contributed by atoms with van der Waals surface area (Å²) in [6.45, 7) is 5.89. The number of esters is 1. The zero-order valence-electron chi connectivity index (χ0n) is 12.6. The maximum atomic E-state index is 11.6. The van der Waals surface area contributed by atoms with Crippen LogP contribution < -0.4 is 4.90 Å². The van der Waals surface area contributed by atoms with Gasteiger partial charge in [-0.25, -0.2) is 4.79 Å². The standard InChI is InChI=1S/C15H20N2O4/c1-15(2)6-8-16(9-7-15)13-10-11(14(18)21-3)4-5-12(13)17(19)20/h4-5,10H,6-9H2,1-3H3. The van der Waals surface area contributed by atoms with E-state index in [0.29, 0.717) is 11.3 Å². The quantitative estimate of drug-likeness (QED) is 0.486. The number of carbonyl (C=O) groups excluding carboxylic acids is 1. The molecule has 0 radical (unpaired) electrons. The first-order chi connectivity index (χ1) is 9.84. The van der Waals surface area contributed by atoms with Gasteiger partial charge in [-0.2, -0.15) is 0 Å². The van der Waals surface area contributed by atoms with E-state index in [1.807, 2.05) is 4.90 Å². The number of methoxy groups -OCH3 is 1. The molecule has 0 atom stereocenters. The molecule has 6 heteroatoms. The van der Waals surface area contributed by atoms with Crippen molar-refractivity contribution in [2.24, 2.45) is 5.41 Å². The molecule has 1 fully saturated rings. The lowest BCUT2D eigenvalue weighted by Gasteiger charge is -2.37. The lowest BCUT2D eigenvalue weighted by Crippen LogP contribution is -2.37. The Hall–Kier alpha value is -2.11. The Kier molecular flexibility index (Phi) is 4.16. The molecule has 1 aliphatic rings. The van der Waals surface area contributed by atoms with E-state index in [1.165, 1.54) is 19.2 Å². The second kappa shape index (κ2) is 5.71. The molecule has 0 amide bonds. The Morgan fingerprint density at radius 2 is 1.95 bits per heavy atom. The van der Waals surface area contributed by atoms with Gasteiger partial charge in [0.25, 0.3) is 5.69 Å². The van der Waals surface area contributed by atoms with E-state index in [9.17, 15) is 14.9 Å². The number of nitrogens with zero attached hydrogens (tertiary/aromatic N) is 2. The summed E-state index contributed by atoms with van der Waals surface area (Å²) in [6.07, 6.45) is 1.93. The number of piperidine rings is 1. The molecule has 0 saturated carbocycles. The van der Waals surface area contributed by atoms with Gasteiger partial charge in [0.2, 0.25) is 0 Å². The Balaban J connectivity index is 2.35. The smallest absolute Gasteiger partial charge is 0.337 e.